The second-order valence-corrected chi connectivity index (χ2v) is 4.98. The molecule has 3 nitrogen and oxygen atoms in total. The van der Waals surface area contributed by atoms with Crippen molar-refractivity contribution in [3.05, 3.63) is 47.5 Å². The Kier molecular flexibility index (Phi) is 3.05. The Morgan fingerprint density at radius 2 is 2.28 bits per heavy atom. The van der Waals surface area contributed by atoms with Crippen molar-refractivity contribution >= 4 is 5.69 Å². The molecular weight excluding hydrogens is 222 g/mol. The molecule has 1 aromatic heterocycles. The number of imidazole rings is 1. The lowest BCUT2D eigenvalue weighted by atomic mass is 9.99. The Bertz CT molecular complexity index is 542. The van der Waals surface area contributed by atoms with Gasteiger partial charge in [-0.1, -0.05) is 12.1 Å². The zero-order valence-corrected chi connectivity index (χ0v) is 10.8. The van der Waals surface area contributed by atoms with E-state index in [1.807, 2.05) is 12.4 Å². The van der Waals surface area contributed by atoms with Gasteiger partial charge >= 0.3 is 0 Å². The van der Waals surface area contributed by atoms with Gasteiger partial charge in [0.05, 0.1) is 0 Å². The van der Waals surface area contributed by atoms with Gasteiger partial charge in [0.15, 0.2) is 0 Å². The molecule has 0 fully saturated rings. The van der Waals surface area contributed by atoms with Crippen LogP contribution in [0.5, 0.6) is 0 Å². The zero-order valence-electron chi connectivity index (χ0n) is 10.8. The summed E-state index contributed by atoms with van der Waals surface area (Å²) in [5, 5.41) is 3.45. The molecule has 0 saturated heterocycles. The van der Waals surface area contributed by atoms with Gasteiger partial charge in [-0.3, -0.25) is 0 Å². The van der Waals surface area contributed by atoms with Crippen LogP contribution < -0.4 is 5.32 Å². The van der Waals surface area contributed by atoms with Crippen molar-refractivity contribution in [1.82, 2.24) is 9.55 Å². The quantitative estimate of drug-likeness (QED) is 0.895. The van der Waals surface area contributed by atoms with Crippen LogP contribution in [0, 0.1) is 0 Å². The molecule has 0 spiro atoms. The Hall–Kier alpha value is -1.77. The van der Waals surface area contributed by atoms with Gasteiger partial charge in [0, 0.05) is 38.1 Å². The van der Waals surface area contributed by atoms with Crippen molar-refractivity contribution in [1.29, 1.82) is 0 Å². The fraction of sp³-hybridized carbons (Fsp3) is 0.400. The summed E-state index contributed by atoms with van der Waals surface area (Å²) < 4.78 is 2.10. The fourth-order valence-corrected chi connectivity index (χ4v) is 2.58. The number of rotatable bonds is 3. The number of aromatic nitrogens is 2. The van der Waals surface area contributed by atoms with Gasteiger partial charge in [-0.2, -0.15) is 0 Å². The monoisotopic (exact) mass is 241 g/mol. The lowest BCUT2D eigenvalue weighted by Gasteiger charge is -2.18. The van der Waals surface area contributed by atoms with E-state index in [0.717, 1.165) is 25.2 Å². The number of hydrogen-bond donors (Lipinski definition) is 1. The summed E-state index contributed by atoms with van der Waals surface area (Å²) in [5.74, 6) is 1.16. The Morgan fingerprint density at radius 1 is 1.33 bits per heavy atom. The second kappa shape index (κ2) is 4.84. The molecule has 3 heteroatoms. The average Bonchev–Trinajstić information content (AvgIpc) is 2.82. The van der Waals surface area contributed by atoms with Crippen molar-refractivity contribution < 1.29 is 0 Å². The van der Waals surface area contributed by atoms with E-state index in [9.17, 15) is 0 Å². The molecule has 1 aromatic carbocycles. The number of nitrogens with one attached hydrogen (secondary N) is 1. The molecule has 0 saturated carbocycles. The minimum Gasteiger partial charge on any atom is -0.385 e. The van der Waals surface area contributed by atoms with Crippen LogP contribution in [0.4, 0.5) is 5.69 Å². The van der Waals surface area contributed by atoms with E-state index < -0.39 is 0 Å². The summed E-state index contributed by atoms with van der Waals surface area (Å²) >= 11 is 0. The smallest absolute Gasteiger partial charge is 0.108 e. The van der Waals surface area contributed by atoms with E-state index in [-0.39, 0.29) is 0 Å². The van der Waals surface area contributed by atoms with Crippen LogP contribution in [-0.4, -0.2) is 16.1 Å². The van der Waals surface area contributed by atoms with Crippen LogP contribution in [-0.2, 0) is 26.3 Å². The fourth-order valence-electron chi connectivity index (χ4n) is 2.58. The van der Waals surface area contributed by atoms with Crippen molar-refractivity contribution in [3.63, 3.8) is 0 Å². The van der Waals surface area contributed by atoms with Crippen LogP contribution in [0.15, 0.2) is 30.6 Å². The third kappa shape index (κ3) is 2.26. The molecule has 3 rings (SSSR count). The summed E-state index contributed by atoms with van der Waals surface area (Å²) in [6.45, 7) is 1.11. The standard InChI is InChI=1S/C15H19N3/c1-18-10-9-17-15(18)7-5-12-4-6-14-13(11-12)3-2-8-16-14/h4,6,9-11,16H,2-3,5,7-8H2,1H3. The van der Waals surface area contributed by atoms with Crippen molar-refractivity contribution in [2.24, 2.45) is 7.05 Å². The van der Waals surface area contributed by atoms with Gasteiger partial charge in [-0.15, -0.1) is 0 Å². The molecule has 0 aliphatic carbocycles. The SMILES string of the molecule is Cn1ccnc1CCc1ccc2c(c1)CCCN2. The van der Waals surface area contributed by atoms with E-state index in [4.69, 9.17) is 0 Å². The molecule has 0 atom stereocenters. The molecule has 1 aliphatic heterocycles. The van der Waals surface area contributed by atoms with Crippen molar-refractivity contribution in [3.8, 4) is 0 Å². The number of aryl methyl sites for hydroxylation is 4. The van der Waals surface area contributed by atoms with Crippen LogP contribution in [0.25, 0.3) is 0 Å². The summed E-state index contributed by atoms with van der Waals surface area (Å²) in [6, 6.07) is 6.81. The maximum Gasteiger partial charge on any atom is 0.108 e. The topological polar surface area (TPSA) is 29.9 Å². The summed E-state index contributed by atoms with van der Waals surface area (Å²) in [4.78, 5) is 4.37. The number of hydrogen-bond acceptors (Lipinski definition) is 2. The molecule has 0 radical (unpaired) electrons. The van der Waals surface area contributed by atoms with Crippen LogP contribution in [0.2, 0.25) is 0 Å². The molecule has 0 bridgehead atoms. The second-order valence-electron chi connectivity index (χ2n) is 4.98. The number of fused-ring (bicyclic) bond motifs is 1. The largest absolute Gasteiger partial charge is 0.385 e. The average molecular weight is 241 g/mol. The van der Waals surface area contributed by atoms with E-state index in [1.165, 1.54) is 29.7 Å². The van der Waals surface area contributed by atoms with E-state index in [2.05, 4.69) is 40.1 Å². The zero-order chi connectivity index (χ0) is 12.4. The van der Waals surface area contributed by atoms with Gasteiger partial charge < -0.3 is 9.88 Å². The Morgan fingerprint density at radius 3 is 3.11 bits per heavy atom. The summed E-state index contributed by atoms with van der Waals surface area (Å²) in [5.41, 5.74) is 4.21. The van der Waals surface area contributed by atoms with Crippen molar-refractivity contribution in [2.75, 3.05) is 11.9 Å². The van der Waals surface area contributed by atoms with Gasteiger partial charge in [0.1, 0.15) is 5.82 Å². The predicted octanol–water partition coefficient (Wildman–Crippen LogP) is 2.56. The maximum atomic E-state index is 4.37. The molecule has 94 valence electrons. The first-order valence-corrected chi connectivity index (χ1v) is 6.65. The molecule has 2 heterocycles. The van der Waals surface area contributed by atoms with Crippen LogP contribution in [0.3, 0.4) is 0 Å². The first-order chi connectivity index (χ1) is 8.83. The highest BCUT2D eigenvalue weighted by Gasteiger charge is 2.09. The summed E-state index contributed by atoms with van der Waals surface area (Å²) in [6.07, 6.45) is 8.40. The van der Waals surface area contributed by atoms with Gasteiger partial charge in [-0.05, 0) is 36.5 Å². The predicted molar refractivity (Wildman–Crippen MR) is 73.9 cm³/mol. The molecule has 0 amide bonds. The highest BCUT2D eigenvalue weighted by Crippen LogP contribution is 2.23. The summed E-state index contributed by atoms with van der Waals surface area (Å²) in [7, 11) is 2.05. The lowest BCUT2D eigenvalue weighted by Crippen LogP contribution is -2.12. The van der Waals surface area contributed by atoms with Crippen LogP contribution in [0.1, 0.15) is 23.4 Å². The molecule has 18 heavy (non-hydrogen) atoms. The number of nitrogens with zero attached hydrogens (tertiary/aromatic N) is 2. The minimum absolute atomic E-state index is 1.01. The molecule has 1 aliphatic rings. The van der Waals surface area contributed by atoms with Crippen molar-refractivity contribution in [2.45, 2.75) is 25.7 Å². The highest BCUT2D eigenvalue weighted by molar-refractivity contribution is 5.54. The number of anilines is 1. The lowest BCUT2D eigenvalue weighted by molar-refractivity contribution is 0.768. The molecular formula is C15H19N3. The van der Waals surface area contributed by atoms with E-state index in [0.29, 0.717) is 0 Å². The first kappa shape index (κ1) is 11.3. The highest BCUT2D eigenvalue weighted by atomic mass is 15.0. The number of benzene rings is 1. The Balaban J connectivity index is 1.71. The van der Waals surface area contributed by atoms with Gasteiger partial charge in [-0.25, -0.2) is 4.98 Å². The Labute approximate surface area is 108 Å². The maximum absolute atomic E-state index is 4.37. The van der Waals surface area contributed by atoms with Crippen LogP contribution >= 0.6 is 0 Å². The first-order valence-electron chi connectivity index (χ1n) is 6.65. The normalized spacial score (nSPS) is 14.1. The molecule has 2 aromatic rings. The molecule has 1 N–H and O–H groups in total. The van der Waals surface area contributed by atoms with E-state index >= 15 is 0 Å². The minimum atomic E-state index is 1.01. The third-order valence-electron chi connectivity index (χ3n) is 3.67. The van der Waals surface area contributed by atoms with Gasteiger partial charge in [0.25, 0.3) is 0 Å². The van der Waals surface area contributed by atoms with Gasteiger partial charge in [0.2, 0.25) is 0 Å². The van der Waals surface area contributed by atoms with E-state index in [1.54, 1.807) is 0 Å². The third-order valence-corrected chi connectivity index (χ3v) is 3.67. The molecule has 0 unspecified atom stereocenters.